The zero-order valence-corrected chi connectivity index (χ0v) is 19.2. The number of hydrogen-bond donors (Lipinski definition) is 0. The van der Waals surface area contributed by atoms with E-state index < -0.39 is 12.0 Å². The minimum absolute atomic E-state index is 0.222. The Labute approximate surface area is 192 Å². The summed E-state index contributed by atoms with van der Waals surface area (Å²) in [4.78, 5) is 27.7. The number of thioether (sulfide) groups is 1. The largest absolute Gasteiger partial charge is 0.494 e. The molecule has 0 spiro atoms. The molecule has 1 aliphatic rings. The fraction of sp³-hybridized carbons (Fsp3) is 0.292. The summed E-state index contributed by atoms with van der Waals surface area (Å²) < 4.78 is 11.3. The van der Waals surface area contributed by atoms with Gasteiger partial charge in [0.2, 0.25) is 0 Å². The number of carbonyl (C=O) groups excluding carboxylic acids is 2. The summed E-state index contributed by atoms with van der Waals surface area (Å²) in [5.41, 5.74) is 1.52. The van der Waals surface area contributed by atoms with Crippen LogP contribution in [0.4, 0.5) is 0 Å². The second kappa shape index (κ2) is 11.1. The van der Waals surface area contributed by atoms with Gasteiger partial charge >= 0.3 is 5.97 Å². The molecule has 7 heteroatoms. The zero-order chi connectivity index (χ0) is 22.2. The highest BCUT2D eigenvalue weighted by Crippen LogP contribution is 2.38. The van der Waals surface area contributed by atoms with Crippen LogP contribution in [-0.4, -0.2) is 34.3 Å². The quantitative estimate of drug-likeness (QED) is 0.219. The van der Waals surface area contributed by atoms with Crippen molar-refractivity contribution < 1.29 is 19.1 Å². The summed E-state index contributed by atoms with van der Waals surface area (Å²) in [5.74, 6) is -0.00962. The van der Waals surface area contributed by atoms with Crippen LogP contribution in [0.15, 0.2) is 59.5 Å². The van der Waals surface area contributed by atoms with Crippen molar-refractivity contribution in [3.05, 3.63) is 70.6 Å². The van der Waals surface area contributed by atoms with E-state index in [4.69, 9.17) is 21.7 Å². The average molecular weight is 456 g/mol. The van der Waals surface area contributed by atoms with Gasteiger partial charge in [0.1, 0.15) is 10.1 Å². The molecule has 0 aliphatic carbocycles. The van der Waals surface area contributed by atoms with Gasteiger partial charge in [-0.1, -0.05) is 79.8 Å². The Balaban J connectivity index is 1.82. The van der Waals surface area contributed by atoms with E-state index in [1.807, 2.05) is 42.5 Å². The number of ether oxygens (including phenoxy) is 2. The highest BCUT2D eigenvalue weighted by molar-refractivity contribution is 8.26. The Morgan fingerprint density at radius 2 is 1.84 bits per heavy atom. The molecule has 1 amide bonds. The van der Waals surface area contributed by atoms with Gasteiger partial charge in [-0.25, -0.2) is 4.79 Å². The maximum atomic E-state index is 13.2. The van der Waals surface area contributed by atoms with Crippen LogP contribution in [-0.2, 0) is 14.3 Å². The van der Waals surface area contributed by atoms with Crippen LogP contribution in [0.3, 0.4) is 0 Å². The van der Waals surface area contributed by atoms with Crippen molar-refractivity contribution in [2.45, 2.75) is 32.7 Å². The molecule has 2 aromatic carbocycles. The lowest BCUT2D eigenvalue weighted by molar-refractivity contribution is -0.151. The van der Waals surface area contributed by atoms with E-state index in [2.05, 4.69) is 6.92 Å². The number of thiocarbonyl (C=S) groups is 1. The van der Waals surface area contributed by atoms with Crippen LogP contribution in [0.5, 0.6) is 5.75 Å². The van der Waals surface area contributed by atoms with Crippen molar-refractivity contribution >= 4 is 46.3 Å². The van der Waals surface area contributed by atoms with E-state index in [9.17, 15) is 9.59 Å². The highest BCUT2D eigenvalue weighted by atomic mass is 32.2. The summed E-state index contributed by atoms with van der Waals surface area (Å²) in [6.07, 6.45) is 3.87. The maximum absolute atomic E-state index is 13.2. The second-order valence-electron chi connectivity index (χ2n) is 6.89. The summed E-state index contributed by atoms with van der Waals surface area (Å²) in [5, 5.41) is 0. The first-order chi connectivity index (χ1) is 15.0. The molecular weight excluding hydrogens is 430 g/mol. The molecule has 2 aromatic rings. The third kappa shape index (κ3) is 5.74. The SMILES string of the molecule is CCCCOc1ccc(/C=C2\SC(=S)N(C(C(=O)OCC)c3ccccc3)C2=O)cc1. The average Bonchev–Trinajstić information content (AvgIpc) is 3.04. The Bertz CT molecular complexity index is 957. The zero-order valence-electron chi connectivity index (χ0n) is 17.6. The summed E-state index contributed by atoms with van der Waals surface area (Å²) in [6, 6.07) is 15.7. The first-order valence-corrected chi connectivity index (χ1v) is 11.5. The fourth-order valence-corrected chi connectivity index (χ4v) is 4.41. The van der Waals surface area contributed by atoms with E-state index in [0.717, 1.165) is 24.2 Å². The van der Waals surface area contributed by atoms with Gasteiger partial charge in [-0.15, -0.1) is 0 Å². The number of rotatable bonds is 9. The first-order valence-electron chi connectivity index (χ1n) is 10.3. The molecule has 3 rings (SSSR count). The van der Waals surface area contributed by atoms with Gasteiger partial charge in [0, 0.05) is 0 Å². The Kier molecular flexibility index (Phi) is 8.26. The molecule has 1 aliphatic heterocycles. The highest BCUT2D eigenvalue weighted by Gasteiger charge is 2.42. The van der Waals surface area contributed by atoms with Crippen molar-refractivity contribution in [3.63, 3.8) is 0 Å². The van der Waals surface area contributed by atoms with Crippen molar-refractivity contribution in [1.29, 1.82) is 0 Å². The molecule has 1 fully saturated rings. The predicted molar refractivity (Wildman–Crippen MR) is 128 cm³/mol. The molecule has 0 N–H and O–H groups in total. The van der Waals surface area contributed by atoms with Gasteiger partial charge in [-0.05, 0) is 42.7 Å². The van der Waals surface area contributed by atoms with Crippen LogP contribution in [0.1, 0.15) is 43.9 Å². The van der Waals surface area contributed by atoms with Gasteiger partial charge in [0.05, 0.1) is 18.1 Å². The smallest absolute Gasteiger partial charge is 0.333 e. The van der Waals surface area contributed by atoms with E-state index in [0.29, 0.717) is 21.4 Å². The van der Waals surface area contributed by atoms with Crippen LogP contribution >= 0.6 is 24.0 Å². The van der Waals surface area contributed by atoms with Gasteiger partial charge in [0.15, 0.2) is 6.04 Å². The fourth-order valence-electron chi connectivity index (χ4n) is 3.10. The van der Waals surface area contributed by atoms with Crippen molar-refractivity contribution in [3.8, 4) is 5.75 Å². The summed E-state index contributed by atoms with van der Waals surface area (Å²) >= 11 is 6.66. The molecule has 0 aromatic heterocycles. The summed E-state index contributed by atoms with van der Waals surface area (Å²) in [6.45, 7) is 4.76. The first kappa shape index (κ1) is 23.0. The molecule has 1 unspecified atom stereocenters. The minimum atomic E-state index is -0.908. The Morgan fingerprint density at radius 3 is 2.48 bits per heavy atom. The second-order valence-corrected chi connectivity index (χ2v) is 8.56. The molecular formula is C24H25NO4S2. The van der Waals surface area contributed by atoms with Crippen molar-refractivity contribution in [1.82, 2.24) is 4.90 Å². The predicted octanol–water partition coefficient (Wildman–Crippen LogP) is 5.37. The third-order valence-corrected chi connectivity index (χ3v) is 5.98. The van der Waals surface area contributed by atoms with Crippen LogP contribution in [0.2, 0.25) is 0 Å². The van der Waals surface area contributed by atoms with E-state index >= 15 is 0 Å². The molecule has 0 radical (unpaired) electrons. The van der Waals surface area contributed by atoms with E-state index in [-0.39, 0.29) is 12.5 Å². The maximum Gasteiger partial charge on any atom is 0.333 e. The van der Waals surface area contributed by atoms with Gasteiger partial charge in [-0.3, -0.25) is 9.69 Å². The van der Waals surface area contributed by atoms with Crippen LogP contribution < -0.4 is 4.74 Å². The molecule has 5 nitrogen and oxygen atoms in total. The van der Waals surface area contributed by atoms with Crippen LogP contribution in [0.25, 0.3) is 6.08 Å². The number of unbranched alkanes of at least 4 members (excludes halogenated alkanes) is 1. The third-order valence-electron chi connectivity index (χ3n) is 4.65. The number of hydrogen-bond acceptors (Lipinski definition) is 6. The molecule has 31 heavy (non-hydrogen) atoms. The monoisotopic (exact) mass is 455 g/mol. The number of esters is 1. The van der Waals surface area contributed by atoms with Gasteiger partial charge in [-0.2, -0.15) is 0 Å². The van der Waals surface area contributed by atoms with Crippen molar-refractivity contribution in [2.24, 2.45) is 0 Å². The normalized spacial score (nSPS) is 15.9. The van der Waals surface area contributed by atoms with E-state index in [1.54, 1.807) is 25.1 Å². The van der Waals surface area contributed by atoms with Gasteiger partial charge in [0.25, 0.3) is 5.91 Å². The Hall–Kier alpha value is -2.64. The van der Waals surface area contributed by atoms with Gasteiger partial charge < -0.3 is 9.47 Å². The molecule has 1 atom stereocenters. The standard InChI is InChI=1S/C24H25NO4S2/c1-3-5-15-29-19-13-11-17(12-14-19)16-20-22(26)25(24(30)31-20)21(23(27)28-4-2)18-9-7-6-8-10-18/h6-14,16,21H,3-5,15H2,1-2H3/b20-16-. The lowest BCUT2D eigenvalue weighted by Gasteiger charge is -2.25. The van der Waals surface area contributed by atoms with Crippen LogP contribution in [0, 0.1) is 0 Å². The lowest BCUT2D eigenvalue weighted by atomic mass is 10.1. The molecule has 1 heterocycles. The molecule has 1 saturated heterocycles. The van der Waals surface area contributed by atoms with E-state index in [1.165, 1.54) is 16.7 Å². The molecule has 0 bridgehead atoms. The molecule has 162 valence electrons. The number of carbonyl (C=O) groups is 2. The lowest BCUT2D eigenvalue weighted by Crippen LogP contribution is -2.38. The Morgan fingerprint density at radius 1 is 1.13 bits per heavy atom. The summed E-state index contributed by atoms with van der Waals surface area (Å²) in [7, 11) is 0. The van der Waals surface area contributed by atoms with Crippen molar-refractivity contribution in [2.75, 3.05) is 13.2 Å². The number of benzene rings is 2. The minimum Gasteiger partial charge on any atom is -0.494 e. The molecule has 0 saturated carbocycles. The topological polar surface area (TPSA) is 55.8 Å². The number of nitrogens with zero attached hydrogens (tertiary/aromatic N) is 1. The number of amides is 1.